The molecule has 2 aromatic rings. The average Bonchev–Trinajstić information content (AvgIpc) is 2.94. The van der Waals surface area contributed by atoms with Crippen LogP contribution < -0.4 is 9.47 Å². The Bertz CT molecular complexity index is 1140. The summed E-state index contributed by atoms with van der Waals surface area (Å²) in [6.45, 7) is 2.25. The van der Waals surface area contributed by atoms with Crippen LogP contribution in [0.1, 0.15) is 126 Å². The number of ether oxygens (including phenoxy) is 2. The molecule has 222 valence electrons. The van der Waals surface area contributed by atoms with Gasteiger partial charge >= 0.3 is 5.97 Å². The second kappa shape index (κ2) is 18.6. The Kier molecular flexibility index (Phi) is 15.6. The van der Waals surface area contributed by atoms with Gasteiger partial charge < -0.3 is 9.47 Å². The van der Waals surface area contributed by atoms with Crippen molar-refractivity contribution in [2.75, 3.05) is 7.11 Å². The minimum absolute atomic E-state index is 0.107. The number of carbonyl (C=O) groups is 2. The topological polar surface area (TPSA) is 107 Å². The molecule has 2 aromatic carbocycles. The normalized spacial score (nSPS) is 11.4. The fourth-order valence-corrected chi connectivity index (χ4v) is 5.39. The van der Waals surface area contributed by atoms with E-state index in [1.807, 2.05) is 0 Å². The molecule has 0 saturated heterocycles. The highest BCUT2D eigenvalue weighted by Crippen LogP contribution is 2.34. The van der Waals surface area contributed by atoms with Crippen molar-refractivity contribution in [2.45, 2.75) is 115 Å². The second-order valence-electron chi connectivity index (χ2n) is 10.3. The Morgan fingerprint density at radius 1 is 0.725 bits per heavy atom. The van der Waals surface area contributed by atoms with Crippen LogP contribution in [0.5, 0.6) is 11.5 Å². The van der Waals surface area contributed by atoms with Crippen molar-refractivity contribution >= 4 is 21.9 Å². The van der Waals surface area contributed by atoms with Crippen molar-refractivity contribution in [1.82, 2.24) is 0 Å². The minimum Gasteiger partial charge on any atom is -0.495 e. The summed E-state index contributed by atoms with van der Waals surface area (Å²) in [5.74, 6) is -1.38. The molecule has 0 aromatic heterocycles. The first kappa shape index (κ1) is 33.5. The van der Waals surface area contributed by atoms with Crippen molar-refractivity contribution < 1.29 is 32.0 Å². The SMILES string of the molecule is CCCCCCCCCCCCCCCCCC(=O)Oc1cc(OC)c(S(=O)(=O)O)cc1C(=O)c1ccccc1. The van der Waals surface area contributed by atoms with E-state index in [2.05, 4.69) is 6.92 Å². The van der Waals surface area contributed by atoms with Crippen LogP contribution in [0.3, 0.4) is 0 Å². The largest absolute Gasteiger partial charge is 0.495 e. The Labute approximate surface area is 240 Å². The van der Waals surface area contributed by atoms with E-state index < -0.39 is 26.8 Å². The Hall–Kier alpha value is -2.71. The number of methoxy groups -OCH3 is 1. The number of esters is 1. The van der Waals surface area contributed by atoms with Crippen molar-refractivity contribution in [3.05, 3.63) is 53.6 Å². The molecule has 0 amide bonds. The maximum atomic E-state index is 13.1. The highest BCUT2D eigenvalue weighted by Gasteiger charge is 2.25. The molecule has 0 atom stereocenters. The van der Waals surface area contributed by atoms with Crippen LogP contribution in [0.25, 0.3) is 0 Å². The lowest BCUT2D eigenvalue weighted by Crippen LogP contribution is -2.13. The van der Waals surface area contributed by atoms with Crippen molar-refractivity contribution in [2.24, 2.45) is 0 Å². The van der Waals surface area contributed by atoms with Gasteiger partial charge in [-0.1, -0.05) is 127 Å². The van der Waals surface area contributed by atoms with Crippen molar-refractivity contribution in [3.63, 3.8) is 0 Å². The zero-order chi connectivity index (χ0) is 29.2. The van der Waals surface area contributed by atoms with Crippen LogP contribution in [-0.2, 0) is 14.9 Å². The van der Waals surface area contributed by atoms with Crippen LogP contribution in [0.15, 0.2) is 47.4 Å². The van der Waals surface area contributed by atoms with Gasteiger partial charge in [-0.25, -0.2) is 0 Å². The molecule has 7 nitrogen and oxygen atoms in total. The highest BCUT2D eigenvalue weighted by molar-refractivity contribution is 7.86. The molecule has 0 aliphatic heterocycles. The van der Waals surface area contributed by atoms with Crippen LogP contribution in [0, 0.1) is 0 Å². The molecule has 1 N–H and O–H groups in total. The molecule has 2 rings (SSSR count). The molecule has 0 bridgehead atoms. The van der Waals surface area contributed by atoms with E-state index in [4.69, 9.17) is 9.47 Å². The Morgan fingerprint density at radius 3 is 1.70 bits per heavy atom. The molecule has 0 aliphatic rings. The number of benzene rings is 2. The minimum atomic E-state index is -4.68. The van der Waals surface area contributed by atoms with Gasteiger partial charge in [-0.15, -0.1) is 0 Å². The van der Waals surface area contributed by atoms with Crippen molar-refractivity contribution in [1.29, 1.82) is 0 Å². The molecule has 40 heavy (non-hydrogen) atoms. The zero-order valence-corrected chi connectivity index (χ0v) is 25.0. The lowest BCUT2D eigenvalue weighted by molar-refractivity contribution is -0.134. The summed E-state index contributed by atoms with van der Waals surface area (Å²) >= 11 is 0. The number of hydrogen-bond acceptors (Lipinski definition) is 6. The zero-order valence-electron chi connectivity index (χ0n) is 24.2. The monoisotopic (exact) mass is 574 g/mol. The first-order chi connectivity index (χ1) is 19.3. The van der Waals surface area contributed by atoms with E-state index in [0.717, 1.165) is 31.4 Å². The number of rotatable bonds is 21. The predicted octanol–water partition coefficient (Wildman–Crippen LogP) is 8.34. The molecule has 8 heteroatoms. The summed E-state index contributed by atoms with van der Waals surface area (Å²) in [7, 11) is -3.46. The molecule has 0 unspecified atom stereocenters. The van der Waals surface area contributed by atoms with E-state index in [9.17, 15) is 22.6 Å². The van der Waals surface area contributed by atoms with Gasteiger partial charge in [0.05, 0.1) is 12.7 Å². The highest BCUT2D eigenvalue weighted by atomic mass is 32.2. The third kappa shape index (κ3) is 12.2. The second-order valence-corrected chi connectivity index (χ2v) is 11.7. The molecular weight excluding hydrogens is 528 g/mol. The number of ketones is 1. The van der Waals surface area contributed by atoms with Crippen LogP contribution in [-0.4, -0.2) is 31.8 Å². The van der Waals surface area contributed by atoms with E-state index >= 15 is 0 Å². The van der Waals surface area contributed by atoms with Crippen LogP contribution >= 0.6 is 0 Å². The molecule has 0 aliphatic carbocycles. The number of carbonyl (C=O) groups excluding carboxylic acids is 2. The molecule has 0 heterocycles. The lowest BCUT2D eigenvalue weighted by atomic mass is 10.0. The first-order valence-electron chi connectivity index (χ1n) is 14.8. The van der Waals surface area contributed by atoms with Gasteiger partial charge in [0, 0.05) is 18.1 Å². The van der Waals surface area contributed by atoms with Gasteiger partial charge in [-0.2, -0.15) is 8.42 Å². The molecule has 0 radical (unpaired) electrons. The smallest absolute Gasteiger partial charge is 0.311 e. The van der Waals surface area contributed by atoms with E-state index in [1.54, 1.807) is 30.3 Å². The number of hydrogen-bond donors (Lipinski definition) is 1. The summed E-state index contributed by atoms with van der Waals surface area (Å²) in [6.07, 6.45) is 18.5. The van der Waals surface area contributed by atoms with E-state index in [0.29, 0.717) is 6.42 Å². The molecular formula is C32H46O7S. The Morgan fingerprint density at radius 2 is 1.23 bits per heavy atom. The third-order valence-electron chi connectivity index (χ3n) is 7.03. The van der Waals surface area contributed by atoms with Gasteiger partial charge in [-0.3, -0.25) is 14.1 Å². The van der Waals surface area contributed by atoms with Gasteiger partial charge in [-0.05, 0) is 12.5 Å². The van der Waals surface area contributed by atoms with Crippen molar-refractivity contribution in [3.8, 4) is 11.5 Å². The van der Waals surface area contributed by atoms with E-state index in [-0.39, 0.29) is 29.0 Å². The summed E-state index contributed by atoms with van der Waals surface area (Å²) in [5, 5.41) is 0. The van der Waals surface area contributed by atoms with Gasteiger partial charge in [0.25, 0.3) is 10.1 Å². The van der Waals surface area contributed by atoms with Crippen LogP contribution in [0.4, 0.5) is 0 Å². The molecule has 0 fully saturated rings. The fraction of sp³-hybridized carbons (Fsp3) is 0.562. The lowest BCUT2D eigenvalue weighted by Gasteiger charge is -2.14. The summed E-state index contributed by atoms with van der Waals surface area (Å²) < 4.78 is 44.0. The van der Waals surface area contributed by atoms with Gasteiger partial charge in [0.15, 0.2) is 5.78 Å². The summed E-state index contributed by atoms with van der Waals surface area (Å²) in [4.78, 5) is 25.2. The third-order valence-corrected chi connectivity index (χ3v) is 7.91. The fourth-order valence-electron chi connectivity index (χ4n) is 4.72. The summed E-state index contributed by atoms with van der Waals surface area (Å²) in [5.41, 5.74) is 0.137. The molecule has 0 saturated carbocycles. The maximum Gasteiger partial charge on any atom is 0.311 e. The molecule has 0 spiro atoms. The maximum absolute atomic E-state index is 13.1. The Balaban J connectivity index is 1.78. The summed E-state index contributed by atoms with van der Waals surface area (Å²) in [6, 6.07) is 10.4. The van der Waals surface area contributed by atoms with Gasteiger partial charge in [0.2, 0.25) is 0 Å². The van der Waals surface area contributed by atoms with E-state index in [1.165, 1.54) is 77.7 Å². The van der Waals surface area contributed by atoms with Crippen LogP contribution in [0.2, 0.25) is 0 Å². The number of unbranched alkanes of at least 4 members (excludes halogenated alkanes) is 14. The quantitative estimate of drug-likeness (QED) is 0.0525. The average molecular weight is 575 g/mol. The standard InChI is InChI=1S/C32H46O7S/c1-3-4-5-6-7-8-9-10-11-12-13-14-15-16-20-23-31(33)39-28-25-29(38-2)30(40(35,36)37)24-27(28)32(34)26-21-18-17-19-22-26/h17-19,21-22,24-25H,3-16,20,23H2,1-2H3,(H,35,36,37). The van der Waals surface area contributed by atoms with Gasteiger partial charge in [0.1, 0.15) is 16.4 Å². The first-order valence-corrected chi connectivity index (χ1v) is 16.2. The predicted molar refractivity (Wildman–Crippen MR) is 158 cm³/mol.